The molecular weight excluding hydrogens is 247 g/mol. The molecule has 3 rings (SSSR count). The lowest BCUT2D eigenvalue weighted by molar-refractivity contribution is -0.116. The van der Waals surface area contributed by atoms with E-state index in [1.807, 2.05) is 0 Å². The minimum Gasteiger partial charge on any atom is -0.487 e. The second-order valence-corrected chi connectivity index (χ2v) is 5.54. The highest BCUT2D eigenvalue weighted by atomic mass is 19.1. The maximum absolute atomic E-state index is 13.2. The summed E-state index contributed by atoms with van der Waals surface area (Å²) in [6, 6.07) is 4.36. The van der Waals surface area contributed by atoms with Crippen LogP contribution in [0.5, 0.6) is 5.75 Å². The SMILES string of the molecule is CCC1CC2(CCO1)C[C@@H](O)c1cc(F)ccc1O2. The molecular formula is C15H19FO3. The van der Waals surface area contributed by atoms with Gasteiger partial charge >= 0.3 is 0 Å². The van der Waals surface area contributed by atoms with Gasteiger partial charge in [-0.15, -0.1) is 0 Å². The Kier molecular flexibility index (Phi) is 3.23. The predicted octanol–water partition coefficient (Wildman–Crippen LogP) is 2.97. The van der Waals surface area contributed by atoms with Gasteiger partial charge in [0, 0.05) is 24.8 Å². The lowest BCUT2D eigenvalue weighted by Gasteiger charge is -2.45. The predicted molar refractivity (Wildman–Crippen MR) is 68.6 cm³/mol. The third-order valence-corrected chi connectivity index (χ3v) is 4.19. The summed E-state index contributed by atoms with van der Waals surface area (Å²) >= 11 is 0. The summed E-state index contributed by atoms with van der Waals surface area (Å²) in [5.41, 5.74) is 0.202. The molecule has 0 aliphatic carbocycles. The van der Waals surface area contributed by atoms with E-state index >= 15 is 0 Å². The van der Waals surface area contributed by atoms with Gasteiger partial charge in [0.1, 0.15) is 17.2 Å². The molecule has 2 unspecified atom stereocenters. The topological polar surface area (TPSA) is 38.7 Å². The van der Waals surface area contributed by atoms with Crippen LogP contribution in [0, 0.1) is 5.82 Å². The molecule has 19 heavy (non-hydrogen) atoms. The van der Waals surface area contributed by atoms with E-state index in [2.05, 4.69) is 6.92 Å². The van der Waals surface area contributed by atoms with Crippen molar-refractivity contribution >= 4 is 0 Å². The average molecular weight is 266 g/mol. The first-order chi connectivity index (χ1) is 9.12. The largest absolute Gasteiger partial charge is 0.487 e. The summed E-state index contributed by atoms with van der Waals surface area (Å²) in [6.45, 7) is 2.74. The van der Waals surface area contributed by atoms with Crippen molar-refractivity contribution in [2.45, 2.75) is 50.4 Å². The van der Waals surface area contributed by atoms with Crippen molar-refractivity contribution in [3.05, 3.63) is 29.6 Å². The molecule has 1 aromatic rings. The van der Waals surface area contributed by atoms with Crippen molar-refractivity contribution in [2.24, 2.45) is 0 Å². The molecule has 0 aromatic heterocycles. The fourth-order valence-corrected chi connectivity index (χ4v) is 3.14. The molecule has 1 aromatic carbocycles. The summed E-state index contributed by atoms with van der Waals surface area (Å²) in [5, 5.41) is 10.3. The maximum Gasteiger partial charge on any atom is 0.126 e. The molecule has 1 saturated heterocycles. The first kappa shape index (κ1) is 12.9. The Balaban J connectivity index is 1.89. The van der Waals surface area contributed by atoms with Crippen molar-refractivity contribution < 1.29 is 19.0 Å². The van der Waals surface area contributed by atoms with Crippen LogP contribution < -0.4 is 4.74 Å². The number of rotatable bonds is 1. The number of aliphatic hydroxyl groups excluding tert-OH is 1. The molecule has 0 bridgehead atoms. The number of halogens is 1. The zero-order chi connectivity index (χ0) is 13.5. The Morgan fingerprint density at radius 1 is 1.42 bits per heavy atom. The van der Waals surface area contributed by atoms with E-state index in [1.54, 1.807) is 6.07 Å². The molecule has 2 aliphatic heterocycles. The fourth-order valence-electron chi connectivity index (χ4n) is 3.14. The molecule has 3 atom stereocenters. The maximum atomic E-state index is 13.2. The van der Waals surface area contributed by atoms with Crippen LogP contribution in [0.1, 0.15) is 44.3 Å². The van der Waals surface area contributed by atoms with E-state index in [1.165, 1.54) is 12.1 Å². The summed E-state index contributed by atoms with van der Waals surface area (Å²) in [5.74, 6) is 0.271. The van der Waals surface area contributed by atoms with Gasteiger partial charge in [-0.1, -0.05) is 6.92 Å². The molecule has 0 radical (unpaired) electrons. The van der Waals surface area contributed by atoms with Crippen LogP contribution in [0.3, 0.4) is 0 Å². The van der Waals surface area contributed by atoms with Gasteiger partial charge in [-0.25, -0.2) is 4.39 Å². The van der Waals surface area contributed by atoms with E-state index in [0.29, 0.717) is 24.3 Å². The third-order valence-electron chi connectivity index (χ3n) is 4.19. The number of benzene rings is 1. The highest BCUT2D eigenvalue weighted by Crippen LogP contribution is 2.45. The summed E-state index contributed by atoms with van der Waals surface area (Å²) in [6.07, 6.45) is 2.55. The van der Waals surface area contributed by atoms with Gasteiger partial charge in [0.25, 0.3) is 0 Å². The molecule has 2 aliphatic rings. The zero-order valence-electron chi connectivity index (χ0n) is 11.1. The second-order valence-electron chi connectivity index (χ2n) is 5.54. The summed E-state index contributed by atoms with van der Waals surface area (Å²) in [4.78, 5) is 0. The van der Waals surface area contributed by atoms with E-state index in [-0.39, 0.29) is 17.5 Å². The lowest BCUT2D eigenvalue weighted by Crippen LogP contribution is -2.48. The van der Waals surface area contributed by atoms with Crippen molar-refractivity contribution in [2.75, 3.05) is 6.61 Å². The molecule has 104 valence electrons. The first-order valence-electron chi connectivity index (χ1n) is 6.90. The van der Waals surface area contributed by atoms with Crippen molar-refractivity contribution in [3.8, 4) is 5.75 Å². The first-order valence-corrected chi connectivity index (χ1v) is 6.90. The van der Waals surface area contributed by atoms with Gasteiger partial charge < -0.3 is 14.6 Å². The standard InChI is InChI=1S/C15H19FO3/c1-2-11-8-15(5-6-18-11)9-13(17)12-7-10(16)3-4-14(12)19-15/h3-4,7,11,13,17H,2,5-6,8-9H2,1H3/t11?,13-,15?/m1/s1. The second kappa shape index (κ2) is 4.76. The van der Waals surface area contributed by atoms with E-state index < -0.39 is 6.10 Å². The van der Waals surface area contributed by atoms with Crippen molar-refractivity contribution in [1.29, 1.82) is 0 Å². The van der Waals surface area contributed by atoms with Crippen LogP contribution in [0.25, 0.3) is 0 Å². The van der Waals surface area contributed by atoms with Crippen LogP contribution in [0.4, 0.5) is 4.39 Å². The fraction of sp³-hybridized carbons (Fsp3) is 0.600. The van der Waals surface area contributed by atoms with Gasteiger partial charge in [-0.05, 0) is 24.6 Å². The van der Waals surface area contributed by atoms with Crippen LogP contribution in [-0.4, -0.2) is 23.4 Å². The van der Waals surface area contributed by atoms with Crippen LogP contribution in [0.2, 0.25) is 0 Å². The minimum absolute atomic E-state index is 0.183. The highest BCUT2D eigenvalue weighted by molar-refractivity contribution is 5.38. The quantitative estimate of drug-likeness (QED) is 0.849. The Morgan fingerprint density at radius 3 is 3.05 bits per heavy atom. The minimum atomic E-state index is -0.657. The van der Waals surface area contributed by atoms with E-state index in [4.69, 9.17) is 9.47 Å². The number of aliphatic hydroxyl groups is 1. The third kappa shape index (κ3) is 2.35. The number of fused-ring (bicyclic) bond motifs is 1. The van der Waals surface area contributed by atoms with Gasteiger partial charge in [0.15, 0.2) is 0 Å². The Labute approximate surface area is 112 Å². The molecule has 3 nitrogen and oxygen atoms in total. The molecule has 0 saturated carbocycles. The Hall–Kier alpha value is -1.13. The number of ether oxygens (including phenoxy) is 2. The number of hydrogen-bond donors (Lipinski definition) is 1. The van der Waals surface area contributed by atoms with Gasteiger partial charge in [-0.3, -0.25) is 0 Å². The summed E-state index contributed by atoms with van der Waals surface area (Å²) in [7, 11) is 0. The molecule has 2 heterocycles. The normalized spacial score (nSPS) is 33.8. The number of hydrogen-bond acceptors (Lipinski definition) is 3. The van der Waals surface area contributed by atoms with E-state index in [0.717, 1.165) is 19.3 Å². The van der Waals surface area contributed by atoms with Crippen LogP contribution >= 0.6 is 0 Å². The monoisotopic (exact) mass is 266 g/mol. The van der Waals surface area contributed by atoms with Crippen molar-refractivity contribution in [3.63, 3.8) is 0 Å². The smallest absolute Gasteiger partial charge is 0.126 e. The molecule has 4 heteroatoms. The Bertz CT molecular complexity index is 476. The molecule has 1 spiro atoms. The van der Waals surface area contributed by atoms with Crippen LogP contribution in [-0.2, 0) is 4.74 Å². The van der Waals surface area contributed by atoms with Gasteiger partial charge in [0.05, 0.1) is 18.8 Å². The van der Waals surface area contributed by atoms with Crippen molar-refractivity contribution in [1.82, 2.24) is 0 Å². The molecule has 1 fully saturated rings. The highest BCUT2D eigenvalue weighted by Gasteiger charge is 2.44. The molecule has 1 N–H and O–H groups in total. The van der Waals surface area contributed by atoms with Crippen LogP contribution in [0.15, 0.2) is 18.2 Å². The summed E-state index contributed by atoms with van der Waals surface area (Å²) < 4.78 is 25.0. The van der Waals surface area contributed by atoms with Gasteiger partial charge in [0.2, 0.25) is 0 Å². The average Bonchev–Trinajstić information content (AvgIpc) is 2.40. The van der Waals surface area contributed by atoms with Gasteiger partial charge in [-0.2, -0.15) is 0 Å². The van der Waals surface area contributed by atoms with E-state index in [9.17, 15) is 9.50 Å². The lowest BCUT2D eigenvalue weighted by atomic mass is 9.80. The molecule has 0 amide bonds. The Morgan fingerprint density at radius 2 is 2.26 bits per heavy atom. The zero-order valence-corrected chi connectivity index (χ0v) is 11.1.